The Morgan fingerprint density at radius 3 is 2.55 bits per heavy atom. The summed E-state index contributed by atoms with van der Waals surface area (Å²) in [5, 5.41) is 9.12. The Morgan fingerprint density at radius 2 is 1.95 bits per heavy atom. The van der Waals surface area contributed by atoms with E-state index in [0.717, 1.165) is 12.8 Å². The number of aliphatic carboxylic acids is 1. The fourth-order valence-corrected chi connectivity index (χ4v) is 5.05. The standard InChI is InChI=1S/C13H23NO5S/c1-10-6-12(13(15)16)8-14(7-10)20(17,18)9-11-2-4-19-5-3-11/h10-12H,2-9H2,1H3,(H,15,16). The van der Waals surface area contributed by atoms with Gasteiger partial charge in [0, 0.05) is 26.3 Å². The number of nitrogens with zero attached hydrogens (tertiary/aromatic N) is 1. The maximum atomic E-state index is 12.5. The SMILES string of the molecule is CC1CC(C(=O)O)CN(S(=O)(=O)CC2CCOCC2)C1. The Hall–Kier alpha value is -0.660. The molecule has 0 bridgehead atoms. The molecular formula is C13H23NO5S. The van der Waals surface area contributed by atoms with E-state index in [1.807, 2.05) is 6.92 Å². The predicted molar refractivity (Wildman–Crippen MR) is 73.8 cm³/mol. The van der Waals surface area contributed by atoms with Gasteiger partial charge in [0.25, 0.3) is 0 Å². The first-order chi connectivity index (χ1) is 9.38. The van der Waals surface area contributed by atoms with E-state index >= 15 is 0 Å². The Morgan fingerprint density at radius 1 is 1.30 bits per heavy atom. The molecule has 2 aliphatic heterocycles. The Bertz CT molecular complexity index is 444. The number of carbonyl (C=O) groups is 1. The lowest BCUT2D eigenvalue weighted by atomic mass is 9.92. The molecule has 0 spiro atoms. The summed E-state index contributed by atoms with van der Waals surface area (Å²) in [7, 11) is -3.37. The van der Waals surface area contributed by atoms with Crippen molar-refractivity contribution in [1.29, 1.82) is 0 Å². The molecule has 1 N–H and O–H groups in total. The van der Waals surface area contributed by atoms with Gasteiger partial charge in [0.05, 0.1) is 11.7 Å². The van der Waals surface area contributed by atoms with E-state index in [-0.39, 0.29) is 24.1 Å². The van der Waals surface area contributed by atoms with Crippen molar-refractivity contribution in [3.8, 4) is 0 Å². The smallest absolute Gasteiger partial charge is 0.307 e. The van der Waals surface area contributed by atoms with Crippen molar-refractivity contribution in [3.05, 3.63) is 0 Å². The molecule has 2 fully saturated rings. The number of sulfonamides is 1. The average Bonchev–Trinajstić information content (AvgIpc) is 2.38. The van der Waals surface area contributed by atoms with Gasteiger partial charge in [-0.3, -0.25) is 4.79 Å². The number of carboxylic acid groups (broad SMARTS) is 1. The first-order valence-electron chi connectivity index (χ1n) is 7.17. The van der Waals surface area contributed by atoms with Crippen LogP contribution in [0.2, 0.25) is 0 Å². The first kappa shape index (κ1) is 15.7. The van der Waals surface area contributed by atoms with Crippen LogP contribution in [-0.4, -0.2) is 55.9 Å². The highest BCUT2D eigenvalue weighted by Gasteiger charge is 2.36. The Labute approximate surface area is 120 Å². The lowest BCUT2D eigenvalue weighted by molar-refractivity contribution is -0.143. The molecule has 2 atom stereocenters. The number of hydrogen-bond acceptors (Lipinski definition) is 4. The Balaban J connectivity index is 2.01. The molecule has 2 heterocycles. The van der Waals surface area contributed by atoms with E-state index < -0.39 is 21.9 Å². The fraction of sp³-hybridized carbons (Fsp3) is 0.923. The van der Waals surface area contributed by atoms with Gasteiger partial charge in [-0.25, -0.2) is 12.7 Å². The van der Waals surface area contributed by atoms with Crippen molar-refractivity contribution in [1.82, 2.24) is 4.31 Å². The van der Waals surface area contributed by atoms with Crippen LogP contribution in [0, 0.1) is 17.8 Å². The lowest BCUT2D eigenvalue weighted by Crippen LogP contribution is -2.47. The van der Waals surface area contributed by atoms with Gasteiger partial charge in [0.1, 0.15) is 0 Å². The normalized spacial score (nSPS) is 30.2. The van der Waals surface area contributed by atoms with Crippen LogP contribution in [0.4, 0.5) is 0 Å². The zero-order valence-electron chi connectivity index (χ0n) is 11.8. The monoisotopic (exact) mass is 305 g/mol. The van der Waals surface area contributed by atoms with Crippen LogP contribution in [0.15, 0.2) is 0 Å². The summed E-state index contributed by atoms with van der Waals surface area (Å²) in [5.74, 6) is -1.13. The van der Waals surface area contributed by atoms with E-state index in [4.69, 9.17) is 9.84 Å². The number of carboxylic acids is 1. The second-order valence-electron chi connectivity index (χ2n) is 6.03. The summed E-state index contributed by atoms with van der Waals surface area (Å²) in [6, 6.07) is 0. The molecule has 0 aromatic carbocycles. The highest BCUT2D eigenvalue weighted by atomic mass is 32.2. The third-order valence-electron chi connectivity index (χ3n) is 4.16. The lowest BCUT2D eigenvalue weighted by Gasteiger charge is -2.35. The van der Waals surface area contributed by atoms with Crippen molar-refractivity contribution < 1.29 is 23.1 Å². The minimum absolute atomic E-state index is 0.0920. The molecule has 2 rings (SSSR count). The minimum Gasteiger partial charge on any atom is -0.481 e. The van der Waals surface area contributed by atoms with E-state index in [1.165, 1.54) is 4.31 Å². The highest BCUT2D eigenvalue weighted by molar-refractivity contribution is 7.89. The number of hydrogen-bond donors (Lipinski definition) is 1. The molecule has 0 amide bonds. The second-order valence-corrected chi connectivity index (χ2v) is 8.04. The molecule has 20 heavy (non-hydrogen) atoms. The van der Waals surface area contributed by atoms with Crippen molar-refractivity contribution in [2.45, 2.75) is 26.2 Å². The number of rotatable bonds is 4. The van der Waals surface area contributed by atoms with E-state index in [2.05, 4.69) is 0 Å². The summed E-state index contributed by atoms with van der Waals surface area (Å²) in [6.45, 7) is 3.70. The minimum atomic E-state index is -3.37. The summed E-state index contributed by atoms with van der Waals surface area (Å²) in [5.41, 5.74) is 0. The van der Waals surface area contributed by atoms with Crippen LogP contribution in [0.25, 0.3) is 0 Å². The van der Waals surface area contributed by atoms with Gasteiger partial charge in [-0.15, -0.1) is 0 Å². The summed E-state index contributed by atoms with van der Waals surface area (Å²) < 4.78 is 31.5. The fourth-order valence-electron chi connectivity index (χ4n) is 3.03. The van der Waals surface area contributed by atoms with Crippen LogP contribution < -0.4 is 0 Å². The highest BCUT2D eigenvalue weighted by Crippen LogP contribution is 2.26. The van der Waals surface area contributed by atoms with Gasteiger partial charge >= 0.3 is 5.97 Å². The number of piperidine rings is 1. The maximum Gasteiger partial charge on any atom is 0.307 e. The van der Waals surface area contributed by atoms with E-state index in [9.17, 15) is 13.2 Å². The van der Waals surface area contributed by atoms with E-state index in [0.29, 0.717) is 26.2 Å². The molecule has 7 heteroatoms. The zero-order valence-corrected chi connectivity index (χ0v) is 12.6. The van der Waals surface area contributed by atoms with Gasteiger partial charge in [-0.2, -0.15) is 0 Å². The van der Waals surface area contributed by atoms with Gasteiger partial charge in [-0.1, -0.05) is 6.92 Å². The van der Waals surface area contributed by atoms with E-state index in [1.54, 1.807) is 0 Å². The molecule has 0 aromatic heterocycles. The maximum absolute atomic E-state index is 12.5. The molecule has 0 saturated carbocycles. The second kappa shape index (κ2) is 6.41. The third-order valence-corrected chi connectivity index (χ3v) is 6.13. The van der Waals surface area contributed by atoms with Gasteiger partial charge in [0.15, 0.2) is 0 Å². The topological polar surface area (TPSA) is 83.9 Å². The molecule has 2 unspecified atom stereocenters. The molecule has 6 nitrogen and oxygen atoms in total. The van der Waals surface area contributed by atoms with Crippen molar-refractivity contribution in [2.75, 3.05) is 32.1 Å². The summed E-state index contributed by atoms with van der Waals surface area (Å²) in [4.78, 5) is 11.1. The van der Waals surface area contributed by atoms with Crippen molar-refractivity contribution >= 4 is 16.0 Å². The van der Waals surface area contributed by atoms with Crippen LogP contribution in [0.3, 0.4) is 0 Å². The van der Waals surface area contributed by atoms with Crippen LogP contribution in [0.1, 0.15) is 26.2 Å². The molecule has 2 saturated heterocycles. The molecule has 0 aliphatic carbocycles. The quantitative estimate of drug-likeness (QED) is 0.830. The molecule has 116 valence electrons. The largest absolute Gasteiger partial charge is 0.481 e. The average molecular weight is 305 g/mol. The molecule has 2 aliphatic rings. The van der Waals surface area contributed by atoms with Crippen LogP contribution >= 0.6 is 0 Å². The van der Waals surface area contributed by atoms with Crippen molar-refractivity contribution in [2.24, 2.45) is 17.8 Å². The Kier molecular flexibility index (Phi) is 5.04. The van der Waals surface area contributed by atoms with Gasteiger partial charge in [0.2, 0.25) is 10.0 Å². The summed E-state index contributed by atoms with van der Waals surface area (Å²) in [6.07, 6.45) is 2.09. The molecule has 0 radical (unpaired) electrons. The van der Waals surface area contributed by atoms with Crippen LogP contribution in [-0.2, 0) is 19.6 Å². The molecular weight excluding hydrogens is 282 g/mol. The summed E-state index contributed by atoms with van der Waals surface area (Å²) >= 11 is 0. The predicted octanol–water partition coefficient (Wildman–Crippen LogP) is 0.785. The van der Waals surface area contributed by atoms with Crippen LogP contribution in [0.5, 0.6) is 0 Å². The number of ether oxygens (including phenoxy) is 1. The zero-order chi connectivity index (χ0) is 14.8. The van der Waals surface area contributed by atoms with Gasteiger partial charge in [-0.05, 0) is 31.1 Å². The van der Waals surface area contributed by atoms with Crippen molar-refractivity contribution in [3.63, 3.8) is 0 Å². The molecule has 0 aromatic rings. The van der Waals surface area contributed by atoms with Gasteiger partial charge < -0.3 is 9.84 Å². The third kappa shape index (κ3) is 3.93. The first-order valence-corrected chi connectivity index (χ1v) is 8.78.